The van der Waals surface area contributed by atoms with Crippen LogP contribution in [0.15, 0.2) is 12.1 Å². The number of halogens is 1. The Bertz CT molecular complexity index is 532. The van der Waals surface area contributed by atoms with Gasteiger partial charge in [-0.15, -0.1) is 0 Å². The van der Waals surface area contributed by atoms with Crippen LogP contribution in [0.2, 0.25) is 5.15 Å². The monoisotopic (exact) mass is 277 g/mol. The van der Waals surface area contributed by atoms with Gasteiger partial charge >= 0.3 is 0 Å². The van der Waals surface area contributed by atoms with Crippen molar-refractivity contribution in [2.45, 2.75) is 44.6 Å². The molecule has 1 amide bonds. The number of pyridine rings is 1. The molecule has 100 valence electrons. The molecule has 5 heteroatoms. The Labute approximate surface area is 117 Å². The van der Waals surface area contributed by atoms with Gasteiger partial charge in [0, 0.05) is 11.3 Å². The Morgan fingerprint density at radius 1 is 1.58 bits per heavy atom. The lowest BCUT2D eigenvalue weighted by Crippen LogP contribution is -2.52. The number of nitriles is 1. The zero-order valence-corrected chi connectivity index (χ0v) is 11.6. The lowest BCUT2D eigenvalue weighted by atomic mass is 9.78. The number of rotatable bonds is 4. The van der Waals surface area contributed by atoms with E-state index in [9.17, 15) is 4.79 Å². The third-order valence-electron chi connectivity index (χ3n) is 3.39. The second kappa shape index (κ2) is 5.58. The molecule has 2 rings (SSSR count). The van der Waals surface area contributed by atoms with Crippen molar-refractivity contribution in [1.82, 2.24) is 10.3 Å². The predicted octanol–water partition coefficient (Wildman–Crippen LogP) is 2.86. The Balaban J connectivity index is 2.17. The van der Waals surface area contributed by atoms with Crippen molar-refractivity contribution >= 4 is 17.5 Å². The van der Waals surface area contributed by atoms with Gasteiger partial charge in [-0.3, -0.25) is 4.79 Å². The summed E-state index contributed by atoms with van der Waals surface area (Å²) in [4.78, 5) is 16.3. The predicted molar refractivity (Wildman–Crippen MR) is 72.9 cm³/mol. The standard InChI is InChI=1S/C14H16ClN3O/c1-2-4-11-7-10(8-12(15)17-11)13(19)18-14(9-16)5-3-6-14/h7-8H,2-6H2,1H3,(H,18,19). The molecule has 1 aromatic heterocycles. The summed E-state index contributed by atoms with van der Waals surface area (Å²) in [5.41, 5.74) is 0.599. The third kappa shape index (κ3) is 3.05. The van der Waals surface area contributed by atoms with Crippen LogP contribution < -0.4 is 5.32 Å². The van der Waals surface area contributed by atoms with E-state index in [0.717, 1.165) is 37.8 Å². The van der Waals surface area contributed by atoms with Crippen molar-refractivity contribution < 1.29 is 4.79 Å². The van der Waals surface area contributed by atoms with Crippen molar-refractivity contribution in [2.24, 2.45) is 0 Å². The summed E-state index contributed by atoms with van der Waals surface area (Å²) in [5, 5.41) is 12.2. The van der Waals surface area contributed by atoms with E-state index in [2.05, 4.69) is 16.4 Å². The molecular formula is C14H16ClN3O. The second-order valence-electron chi connectivity index (χ2n) is 4.92. The minimum Gasteiger partial charge on any atom is -0.334 e. The highest BCUT2D eigenvalue weighted by Crippen LogP contribution is 2.31. The van der Waals surface area contributed by atoms with Crippen LogP contribution in [0, 0.1) is 11.3 Å². The van der Waals surface area contributed by atoms with Gasteiger partial charge in [0.2, 0.25) is 0 Å². The zero-order valence-electron chi connectivity index (χ0n) is 10.9. The number of aromatic nitrogens is 1. The molecule has 4 nitrogen and oxygen atoms in total. The second-order valence-corrected chi connectivity index (χ2v) is 5.31. The van der Waals surface area contributed by atoms with E-state index >= 15 is 0 Å². The van der Waals surface area contributed by atoms with Crippen LogP contribution in [0.4, 0.5) is 0 Å². The first-order valence-corrected chi connectivity index (χ1v) is 6.86. The molecule has 0 atom stereocenters. The number of amides is 1. The van der Waals surface area contributed by atoms with Crippen LogP contribution >= 0.6 is 11.6 Å². The number of nitrogens with one attached hydrogen (secondary N) is 1. The summed E-state index contributed by atoms with van der Waals surface area (Å²) in [7, 11) is 0. The maximum absolute atomic E-state index is 12.2. The molecular weight excluding hydrogens is 262 g/mol. The van der Waals surface area contributed by atoms with Gasteiger partial charge in [-0.1, -0.05) is 24.9 Å². The molecule has 1 saturated carbocycles. The highest BCUT2D eigenvalue weighted by Gasteiger charge is 2.38. The van der Waals surface area contributed by atoms with E-state index in [1.54, 1.807) is 12.1 Å². The molecule has 1 N–H and O–H groups in total. The maximum Gasteiger partial charge on any atom is 0.252 e. The molecule has 0 spiro atoms. The zero-order chi connectivity index (χ0) is 13.9. The van der Waals surface area contributed by atoms with Crippen molar-refractivity contribution in [3.63, 3.8) is 0 Å². The van der Waals surface area contributed by atoms with Gasteiger partial charge in [0.05, 0.1) is 6.07 Å². The van der Waals surface area contributed by atoms with E-state index in [4.69, 9.17) is 16.9 Å². The first kappa shape index (κ1) is 13.8. The highest BCUT2D eigenvalue weighted by atomic mass is 35.5. The molecule has 1 aliphatic rings. The van der Waals surface area contributed by atoms with Gasteiger partial charge in [-0.05, 0) is 37.8 Å². The summed E-state index contributed by atoms with van der Waals surface area (Å²) in [6, 6.07) is 5.48. The van der Waals surface area contributed by atoms with Crippen molar-refractivity contribution in [1.29, 1.82) is 5.26 Å². The number of hydrogen-bond donors (Lipinski definition) is 1. The maximum atomic E-state index is 12.2. The SMILES string of the molecule is CCCc1cc(C(=O)NC2(C#N)CCC2)cc(Cl)n1. The highest BCUT2D eigenvalue weighted by molar-refractivity contribution is 6.29. The summed E-state index contributed by atoms with van der Waals surface area (Å²) in [6.07, 6.45) is 4.14. The van der Waals surface area contributed by atoms with Crippen LogP contribution in [-0.2, 0) is 6.42 Å². The first-order valence-electron chi connectivity index (χ1n) is 6.49. The van der Waals surface area contributed by atoms with Gasteiger partial charge in [0.25, 0.3) is 5.91 Å². The molecule has 1 fully saturated rings. The van der Waals surface area contributed by atoms with Gasteiger partial charge in [-0.2, -0.15) is 5.26 Å². The molecule has 0 aliphatic heterocycles. The molecule has 1 aromatic rings. The summed E-state index contributed by atoms with van der Waals surface area (Å²) >= 11 is 5.93. The molecule has 0 unspecified atom stereocenters. The number of hydrogen-bond acceptors (Lipinski definition) is 3. The average molecular weight is 278 g/mol. The van der Waals surface area contributed by atoms with Crippen molar-refractivity contribution in [3.8, 4) is 6.07 Å². The van der Waals surface area contributed by atoms with E-state index in [-0.39, 0.29) is 5.91 Å². The smallest absolute Gasteiger partial charge is 0.252 e. The molecule has 1 heterocycles. The molecule has 19 heavy (non-hydrogen) atoms. The van der Waals surface area contributed by atoms with Crippen LogP contribution in [0.3, 0.4) is 0 Å². The fourth-order valence-electron chi connectivity index (χ4n) is 2.15. The topological polar surface area (TPSA) is 65.8 Å². The van der Waals surface area contributed by atoms with Crippen LogP contribution in [0.1, 0.15) is 48.7 Å². The van der Waals surface area contributed by atoms with Crippen LogP contribution in [0.25, 0.3) is 0 Å². The number of aryl methyl sites for hydroxylation is 1. The lowest BCUT2D eigenvalue weighted by molar-refractivity contribution is 0.0881. The molecule has 0 aromatic carbocycles. The number of nitrogens with zero attached hydrogens (tertiary/aromatic N) is 2. The Kier molecular flexibility index (Phi) is 4.06. The molecule has 0 saturated heterocycles. The fraction of sp³-hybridized carbons (Fsp3) is 0.500. The van der Waals surface area contributed by atoms with Crippen molar-refractivity contribution in [3.05, 3.63) is 28.5 Å². The van der Waals surface area contributed by atoms with Gasteiger partial charge < -0.3 is 5.32 Å². The quantitative estimate of drug-likeness (QED) is 0.861. The normalized spacial score (nSPS) is 16.3. The van der Waals surface area contributed by atoms with E-state index < -0.39 is 5.54 Å². The van der Waals surface area contributed by atoms with Crippen molar-refractivity contribution in [2.75, 3.05) is 0 Å². The third-order valence-corrected chi connectivity index (χ3v) is 3.58. The minimum atomic E-state index is -0.683. The van der Waals surface area contributed by atoms with E-state index in [1.165, 1.54) is 0 Å². The van der Waals surface area contributed by atoms with Gasteiger partial charge in [0.1, 0.15) is 10.7 Å². The van der Waals surface area contributed by atoms with Gasteiger partial charge in [0.15, 0.2) is 0 Å². The molecule has 0 bridgehead atoms. The van der Waals surface area contributed by atoms with Crippen LogP contribution in [0.5, 0.6) is 0 Å². The fourth-order valence-corrected chi connectivity index (χ4v) is 2.38. The molecule has 0 radical (unpaired) electrons. The summed E-state index contributed by atoms with van der Waals surface area (Å²) < 4.78 is 0. The van der Waals surface area contributed by atoms with E-state index in [1.807, 2.05) is 6.92 Å². The van der Waals surface area contributed by atoms with Crippen LogP contribution in [-0.4, -0.2) is 16.4 Å². The number of carbonyl (C=O) groups is 1. The average Bonchev–Trinajstić information content (AvgIpc) is 2.33. The molecule has 1 aliphatic carbocycles. The Morgan fingerprint density at radius 3 is 2.84 bits per heavy atom. The van der Waals surface area contributed by atoms with Gasteiger partial charge in [-0.25, -0.2) is 4.98 Å². The number of carbonyl (C=O) groups excluding carboxylic acids is 1. The summed E-state index contributed by atoms with van der Waals surface area (Å²) in [6.45, 7) is 2.04. The van der Waals surface area contributed by atoms with E-state index in [0.29, 0.717) is 10.7 Å². The minimum absolute atomic E-state index is 0.247. The largest absolute Gasteiger partial charge is 0.334 e. The lowest BCUT2D eigenvalue weighted by Gasteiger charge is -2.35. The Morgan fingerprint density at radius 2 is 2.32 bits per heavy atom. The first-order chi connectivity index (χ1) is 9.08. The Hall–Kier alpha value is -1.60. The summed E-state index contributed by atoms with van der Waals surface area (Å²) in [5.74, 6) is -0.247.